The Morgan fingerprint density at radius 3 is 2.80 bits per heavy atom. The van der Waals surface area contributed by atoms with Crippen molar-refractivity contribution in [3.63, 3.8) is 0 Å². The molecule has 8 heteroatoms. The number of hydrogen-bond acceptors (Lipinski definition) is 6. The van der Waals surface area contributed by atoms with Gasteiger partial charge in [0.05, 0.1) is 6.10 Å². The maximum atomic E-state index is 11.7. The number of nitrogens with two attached hydrogens (primary N) is 1. The van der Waals surface area contributed by atoms with Gasteiger partial charge in [0.25, 0.3) is 5.91 Å². The van der Waals surface area contributed by atoms with Crippen LogP contribution in [0.5, 0.6) is 11.5 Å². The highest BCUT2D eigenvalue weighted by molar-refractivity contribution is 6.02. The van der Waals surface area contributed by atoms with Crippen LogP contribution >= 0.6 is 0 Å². The van der Waals surface area contributed by atoms with Gasteiger partial charge in [-0.25, -0.2) is 0 Å². The van der Waals surface area contributed by atoms with Gasteiger partial charge in [0.1, 0.15) is 18.0 Å². The topological polar surface area (TPSA) is 133 Å². The molecule has 1 aromatic carbocycles. The molecule has 1 aliphatic rings. The van der Waals surface area contributed by atoms with Crippen LogP contribution in [0.3, 0.4) is 0 Å². The minimum absolute atomic E-state index is 0.0614. The lowest BCUT2D eigenvalue weighted by atomic mass is 10.0. The zero-order valence-electron chi connectivity index (χ0n) is 10.4. The first-order valence-electron chi connectivity index (χ1n) is 5.84. The Balaban J connectivity index is 2.55. The summed E-state index contributed by atoms with van der Waals surface area (Å²) in [6.07, 6.45) is -1.04. The Hall–Kier alpha value is -2.32. The number of rotatable bonds is 4. The van der Waals surface area contributed by atoms with E-state index >= 15 is 0 Å². The monoisotopic (exact) mass is 282 g/mol. The van der Waals surface area contributed by atoms with Gasteiger partial charge in [0, 0.05) is 12.1 Å². The highest BCUT2D eigenvalue weighted by Gasteiger charge is 2.32. The molecule has 0 aromatic heterocycles. The van der Waals surface area contributed by atoms with Gasteiger partial charge in [-0.3, -0.25) is 14.5 Å². The van der Waals surface area contributed by atoms with E-state index in [2.05, 4.69) is 0 Å². The quantitative estimate of drug-likeness (QED) is 0.567. The summed E-state index contributed by atoms with van der Waals surface area (Å²) in [6.45, 7) is -1.05. The van der Waals surface area contributed by atoms with Gasteiger partial charge in [-0.05, 0) is 12.1 Å². The van der Waals surface area contributed by atoms with E-state index in [9.17, 15) is 19.8 Å². The van der Waals surface area contributed by atoms with E-state index in [0.717, 1.165) is 4.90 Å². The maximum Gasteiger partial charge on any atom is 0.323 e. The molecular weight excluding hydrogens is 268 g/mol. The molecule has 1 amide bonds. The van der Waals surface area contributed by atoms with Gasteiger partial charge in [0.15, 0.2) is 12.4 Å². The molecule has 0 radical (unpaired) electrons. The minimum Gasteiger partial charge on any atom is -0.506 e. The normalized spacial score (nSPS) is 15.5. The van der Waals surface area contributed by atoms with Crippen molar-refractivity contribution in [2.75, 3.05) is 24.6 Å². The number of carbonyl (C=O) groups excluding carboxylic acids is 1. The van der Waals surface area contributed by atoms with Gasteiger partial charge in [0.2, 0.25) is 0 Å². The van der Waals surface area contributed by atoms with Gasteiger partial charge in [-0.1, -0.05) is 0 Å². The van der Waals surface area contributed by atoms with Crippen molar-refractivity contribution in [2.45, 2.75) is 6.10 Å². The van der Waals surface area contributed by atoms with Crippen molar-refractivity contribution in [1.82, 2.24) is 0 Å². The van der Waals surface area contributed by atoms with E-state index in [1.54, 1.807) is 0 Å². The third-order valence-electron chi connectivity index (χ3n) is 2.93. The number of carbonyl (C=O) groups is 2. The number of nitrogens with zero attached hydrogens (tertiary/aromatic N) is 1. The molecule has 2 rings (SSSR count). The highest BCUT2D eigenvalue weighted by atomic mass is 16.5. The van der Waals surface area contributed by atoms with Crippen molar-refractivity contribution in [3.05, 3.63) is 17.7 Å². The minimum atomic E-state index is -1.23. The van der Waals surface area contributed by atoms with Crippen LogP contribution in [-0.2, 0) is 9.59 Å². The average Bonchev–Trinajstić information content (AvgIpc) is 2.41. The SMILES string of the molecule is NC[C@@H](O)c1ccc(O)c2c1OCC(=O)N2CC(=O)O. The maximum absolute atomic E-state index is 11.7. The number of carboxylic acid groups (broad SMARTS) is 1. The molecule has 20 heavy (non-hydrogen) atoms. The number of aliphatic hydroxyl groups is 1. The number of anilines is 1. The predicted octanol–water partition coefficient (Wildman–Crippen LogP) is -0.806. The van der Waals surface area contributed by atoms with Crippen LogP contribution in [0.1, 0.15) is 11.7 Å². The number of benzene rings is 1. The third-order valence-corrected chi connectivity index (χ3v) is 2.93. The summed E-state index contributed by atoms with van der Waals surface area (Å²) < 4.78 is 5.22. The van der Waals surface area contributed by atoms with E-state index < -0.39 is 24.5 Å². The van der Waals surface area contributed by atoms with E-state index in [4.69, 9.17) is 15.6 Å². The first-order valence-corrected chi connectivity index (χ1v) is 5.84. The third kappa shape index (κ3) is 2.38. The molecular formula is C12H14N2O6. The zero-order valence-corrected chi connectivity index (χ0v) is 10.4. The number of phenols is 1. The van der Waals surface area contributed by atoms with Gasteiger partial charge >= 0.3 is 5.97 Å². The number of amides is 1. The van der Waals surface area contributed by atoms with Crippen molar-refractivity contribution >= 4 is 17.6 Å². The summed E-state index contributed by atoms with van der Waals surface area (Å²) in [7, 11) is 0. The Morgan fingerprint density at radius 2 is 2.20 bits per heavy atom. The van der Waals surface area contributed by atoms with E-state index in [1.165, 1.54) is 12.1 Å². The fourth-order valence-corrected chi connectivity index (χ4v) is 2.02. The van der Waals surface area contributed by atoms with Crippen LogP contribution in [0.15, 0.2) is 12.1 Å². The zero-order chi connectivity index (χ0) is 14.9. The fraction of sp³-hybridized carbons (Fsp3) is 0.333. The molecule has 0 saturated heterocycles. The molecule has 0 saturated carbocycles. The Labute approximate surface area is 114 Å². The second kappa shape index (κ2) is 5.35. The lowest BCUT2D eigenvalue weighted by molar-refractivity contribution is -0.137. The number of ether oxygens (including phenoxy) is 1. The van der Waals surface area contributed by atoms with Crippen LogP contribution in [0, 0.1) is 0 Å². The highest BCUT2D eigenvalue weighted by Crippen LogP contribution is 2.44. The van der Waals surface area contributed by atoms with Crippen LogP contribution in [0.4, 0.5) is 5.69 Å². The molecule has 1 atom stereocenters. The summed E-state index contributed by atoms with van der Waals surface area (Å²) in [4.78, 5) is 23.5. The van der Waals surface area contributed by atoms with Crippen molar-refractivity contribution in [3.8, 4) is 11.5 Å². The van der Waals surface area contributed by atoms with Gasteiger partial charge < -0.3 is 25.8 Å². The van der Waals surface area contributed by atoms with Gasteiger partial charge in [-0.15, -0.1) is 0 Å². The van der Waals surface area contributed by atoms with E-state index in [0.29, 0.717) is 5.56 Å². The Bertz CT molecular complexity index is 559. The smallest absolute Gasteiger partial charge is 0.323 e. The van der Waals surface area contributed by atoms with Crippen LogP contribution in [0.25, 0.3) is 0 Å². The molecule has 1 aromatic rings. The van der Waals surface area contributed by atoms with Crippen LogP contribution in [0.2, 0.25) is 0 Å². The van der Waals surface area contributed by atoms with E-state index in [-0.39, 0.29) is 30.3 Å². The van der Waals surface area contributed by atoms with Crippen molar-refractivity contribution in [2.24, 2.45) is 5.73 Å². The standard InChI is InChI=1S/C12H14N2O6/c13-3-8(16)6-1-2-7(15)11-12(6)20-5-9(17)14(11)4-10(18)19/h1-2,8,15-16H,3-5,13H2,(H,18,19)/t8-/m1/s1. The number of carboxylic acids is 1. The predicted molar refractivity (Wildman–Crippen MR) is 67.6 cm³/mol. The number of hydrogen-bond donors (Lipinski definition) is 4. The summed E-state index contributed by atoms with van der Waals surface area (Å²) in [5, 5.41) is 28.5. The molecule has 1 aliphatic heterocycles. The first kappa shape index (κ1) is 14.1. The number of fused-ring (bicyclic) bond motifs is 1. The summed E-state index contributed by atoms with van der Waals surface area (Å²) in [5.74, 6) is -2.05. The molecule has 0 unspecified atom stereocenters. The lowest BCUT2D eigenvalue weighted by Crippen LogP contribution is -2.42. The molecule has 0 fully saturated rings. The molecule has 0 aliphatic carbocycles. The van der Waals surface area contributed by atoms with Crippen LogP contribution < -0.4 is 15.4 Å². The second-order valence-electron chi connectivity index (χ2n) is 4.27. The number of aromatic hydroxyl groups is 1. The first-order chi connectivity index (χ1) is 9.45. The van der Waals surface area contributed by atoms with E-state index in [1.807, 2.05) is 0 Å². The molecule has 1 heterocycles. The van der Waals surface area contributed by atoms with Crippen LogP contribution in [-0.4, -0.2) is 46.9 Å². The molecule has 5 N–H and O–H groups in total. The van der Waals surface area contributed by atoms with Gasteiger partial charge in [-0.2, -0.15) is 0 Å². The fourth-order valence-electron chi connectivity index (χ4n) is 2.02. The number of phenolic OH excluding ortho intramolecular Hbond substituents is 1. The second-order valence-corrected chi connectivity index (χ2v) is 4.27. The number of aliphatic hydroxyl groups excluding tert-OH is 1. The summed E-state index contributed by atoms with van der Waals surface area (Å²) >= 11 is 0. The molecule has 8 nitrogen and oxygen atoms in total. The summed E-state index contributed by atoms with van der Waals surface area (Å²) in [5.41, 5.74) is 5.61. The number of aliphatic carboxylic acids is 1. The Morgan fingerprint density at radius 1 is 1.50 bits per heavy atom. The van der Waals surface area contributed by atoms with Crippen molar-refractivity contribution in [1.29, 1.82) is 0 Å². The molecule has 0 bridgehead atoms. The lowest BCUT2D eigenvalue weighted by Gasteiger charge is -2.30. The average molecular weight is 282 g/mol. The summed E-state index contributed by atoms with van der Waals surface area (Å²) in [6, 6.07) is 2.67. The molecule has 0 spiro atoms. The van der Waals surface area contributed by atoms with Crippen molar-refractivity contribution < 1.29 is 29.6 Å². The Kier molecular flexibility index (Phi) is 3.77. The molecule has 108 valence electrons. The largest absolute Gasteiger partial charge is 0.506 e.